The molecule has 0 unspecified atom stereocenters. The third-order valence-corrected chi connectivity index (χ3v) is 3.27. The number of aryl methyl sites for hydroxylation is 1. The van der Waals surface area contributed by atoms with Crippen molar-refractivity contribution in [3.63, 3.8) is 0 Å². The van der Waals surface area contributed by atoms with Gasteiger partial charge < -0.3 is 9.64 Å². The highest BCUT2D eigenvalue weighted by atomic mass is 19.1. The maximum absolute atomic E-state index is 14.1. The van der Waals surface area contributed by atoms with Crippen LogP contribution < -0.4 is 4.74 Å². The van der Waals surface area contributed by atoms with Crippen LogP contribution in [0.3, 0.4) is 0 Å². The molecular formula is C18H20FNO2. The zero-order valence-electron chi connectivity index (χ0n) is 13.1. The van der Waals surface area contributed by atoms with E-state index in [1.165, 1.54) is 22.6 Å². The number of nitrogens with zero attached hydrogens (tertiary/aromatic N) is 1. The van der Waals surface area contributed by atoms with Gasteiger partial charge in [-0.3, -0.25) is 4.79 Å². The maximum Gasteiger partial charge on any atom is 0.253 e. The summed E-state index contributed by atoms with van der Waals surface area (Å²) >= 11 is 0. The van der Waals surface area contributed by atoms with E-state index in [-0.39, 0.29) is 11.7 Å². The lowest BCUT2D eigenvalue weighted by molar-refractivity contribution is 0.0827. The Labute approximate surface area is 130 Å². The molecule has 22 heavy (non-hydrogen) atoms. The van der Waals surface area contributed by atoms with Crippen LogP contribution in [0.1, 0.15) is 29.3 Å². The topological polar surface area (TPSA) is 29.5 Å². The number of ether oxygens (including phenoxy) is 1. The molecular weight excluding hydrogens is 281 g/mol. The fourth-order valence-electron chi connectivity index (χ4n) is 2.11. The van der Waals surface area contributed by atoms with Crippen molar-refractivity contribution >= 4 is 5.91 Å². The largest absolute Gasteiger partial charge is 0.454 e. The summed E-state index contributed by atoms with van der Waals surface area (Å²) in [7, 11) is 3.25. The van der Waals surface area contributed by atoms with E-state index in [9.17, 15) is 9.18 Å². The summed E-state index contributed by atoms with van der Waals surface area (Å²) in [6.45, 7) is 2.12. The third-order valence-electron chi connectivity index (χ3n) is 3.27. The zero-order valence-corrected chi connectivity index (χ0v) is 13.1. The van der Waals surface area contributed by atoms with E-state index in [2.05, 4.69) is 6.92 Å². The lowest BCUT2D eigenvalue weighted by atomic mass is 10.1. The molecule has 4 heteroatoms. The highest BCUT2D eigenvalue weighted by Gasteiger charge is 2.12. The van der Waals surface area contributed by atoms with Gasteiger partial charge in [-0.2, -0.15) is 0 Å². The minimum Gasteiger partial charge on any atom is -0.454 e. The molecule has 2 aromatic rings. The number of halogens is 1. The Morgan fingerprint density at radius 3 is 2.36 bits per heavy atom. The fraction of sp³-hybridized carbons (Fsp3) is 0.278. The Kier molecular flexibility index (Phi) is 5.15. The van der Waals surface area contributed by atoms with Crippen LogP contribution in [0.25, 0.3) is 0 Å². The summed E-state index contributed by atoms with van der Waals surface area (Å²) in [6, 6.07) is 11.8. The van der Waals surface area contributed by atoms with Gasteiger partial charge in [0.05, 0.1) is 0 Å². The van der Waals surface area contributed by atoms with Gasteiger partial charge in [0.15, 0.2) is 11.6 Å². The average molecular weight is 301 g/mol. The summed E-state index contributed by atoms with van der Waals surface area (Å²) < 4.78 is 19.6. The standard InChI is InChI=1S/C18H20FNO2/c1-4-5-13-6-9-15(10-7-13)22-17-11-8-14(12-16(17)19)18(21)20(2)3/h6-12H,4-5H2,1-3H3. The first-order chi connectivity index (χ1) is 10.5. The van der Waals surface area contributed by atoms with Gasteiger partial charge >= 0.3 is 0 Å². The predicted molar refractivity (Wildman–Crippen MR) is 84.9 cm³/mol. The van der Waals surface area contributed by atoms with Gasteiger partial charge in [-0.05, 0) is 42.3 Å². The van der Waals surface area contributed by atoms with Crippen molar-refractivity contribution in [3.8, 4) is 11.5 Å². The highest BCUT2D eigenvalue weighted by Crippen LogP contribution is 2.26. The molecule has 0 saturated carbocycles. The number of hydrogen-bond donors (Lipinski definition) is 0. The quantitative estimate of drug-likeness (QED) is 0.825. The SMILES string of the molecule is CCCc1ccc(Oc2ccc(C(=O)N(C)C)cc2F)cc1. The van der Waals surface area contributed by atoms with E-state index in [0.717, 1.165) is 12.8 Å². The van der Waals surface area contributed by atoms with Crippen molar-refractivity contribution in [2.75, 3.05) is 14.1 Å². The van der Waals surface area contributed by atoms with Crippen LogP contribution in [-0.2, 0) is 6.42 Å². The number of rotatable bonds is 5. The second-order valence-corrected chi connectivity index (χ2v) is 5.34. The molecule has 0 N–H and O–H groups in total. The van der Waals surface area contributed by atoms with Gasteiger partial charge in [0.1, 0.15) is 5.75 Å². The molecule has 0 aliphatic carbocycles. The molecule has 3 nitrogen and oxygen atoms in total. The van der Waals surface area contributed by atoms with Crippen LogP contribution in [0.2, 0.25) is 0 Å². The summed E-state index contributed by atoms with van der Waals surface area (Å²) in [6.07, 6.45) is 2.09. The monoisotopic (exact) mass is 301 g/mol. The molecule has 0 aromatic heterocycles. The molecule has 0 saturated heterocycles. The number of carbonyl (C=O) groups is 1. The van der Waals surface area contributed by atoms with E-state index >= 15 is 0 Å². The average Bonchev–Trinajstić information content (AvgIpc) is 2.50. The zero-order chi connectivity index (χ0) is 16.1. The smallest absolute Gasteiger partial charge is 0.253 e. The van der Waals surface area contributed by atoms with Crippen LogP contribution in [0.4, 0.5) is 4.39 Å². The molecule has 0 radical (unpaired) electrons. The first-order valence-corrected chi connectivity index (χ1v) is 7.29. The van der Waals surface area contributed by atoms with Gasteiger partial charge in [-0.15, -0.1) is 0 Å². The summed E-state index contributed by atoms with van der Waals surface area (Å²) in [5.74, 6) is -0.108. The second kappa shape index (κ2) is 7.07. The molecule has 0 spiro atoms. The van der Waals surface area contributed by atoms with Crippen molar-refractivity contribution in [1.29, 1.82) is 0 Å². The molecule has 0 bridgehead atoms. The van der Waals surface area contributed by atoms with Crippen molar-refractivity contribution in [2.45, 2.75) is 19.8 Å². The van der Waals surface area contributed by atoms with Gasteiger partial charge in [-0.1, -0.05) is 25.5 Å². The number of benzene rings is 2. The number of hydrogen-bond acceptors (Lipinski definition) is 2. The summed E-state index contributed by atoms with van der Waals surface area (Å²) in [5, 5.41) is 0. The van der Waals surface area contributed by atoms with E-state index in [1.54, 1.807) is 20.2 Å². The maximum atomic E-state index is 14.1. The highest BCUT2D eigenvalue weighted by molar-refractivity contribution is 5.94. The molecule has 1 amide bonds. The molecule has 0 fully saturated rings. The van der Waals surface area contributed by atoms with Crippen LogP contribution in [0.15, 0.2) is 42.5 Å². The fourth-order valence-corrected chi connectivity index (χ4v) is 2.11. The Bertz CT molecular complexity index is 651. The molecule has 0 aliphatic heterocycles. The Hall–Kier alpha value is -2.36. The predicted octanol–water partition coefficient (Wildman–Crippen LogP) is 4.27. The first kappa shape index (κ1) is 16.0. The van der Waals surface area contributed by atoms with Crippen LogP contribution in [-0.4, -0.2) is 24.9 Å². The minimum atomic E-state index is -0.551. The minimum absolute atomic E-state index is 0.110. The lowest BCUT2D eigenvalue weighted by Gasteiger charge is -2.12. The Balaban J connectivity index is 2.14. The number of amides is 1. The van der Waals surface area contributed by atoms with E-state index in [4.69, 9.17) is 4.74 Å². The number of carbonyl (C=O) groups excluding carboxylic acids is 1. The van der Waals surface area contributed by atoms with Crippen LogP contribution in [0.5, 0.6) is 11.5 Å². The van der Waals surface area contributed by atoms with Crippen molar-refractivity contribution < 1.29 is 13.9 Å². The molecule has 0 aliphatic rings. The van der Waals surface area contributed by atoms with Crippen molar-refractivity contribution in [2.24, 2.45) is 0 Å². The van der Waals surface area contributed by atoms with E-state index in [0.29, 0.717) is 11.3 Å². The molecule has 116 valence electrons. The molecule has 0 heterocycles. The van der Waals surface area contributed by atoms with Crippen LogP contribution >= 0.6 is 0 Å². The first-order valence-electron chi connectivity index (χ1n) is 7.29. The Morgan fingerprint density at radius 2 is 1.82 bits per heavy atom. The van der Waals surface area contributed by atoms with Gasteiger partial charge in [-0.25, -0.2) is 4.39 Å². The van der Waals surface area contributed by atoms with Gasteiger partial charge in [0.2, 0.25) is 0 Å². The second-order valence-electron chi connectivity index (χ2n) is 5.34. The van der Waals surface area contributed by atoms with Crippen molar-refractivity contribution in [1.82, 2.24) is 4.90 Å². The van der Waals surface area contributed by atoms with Gasteiger partial charge in [0.25, 0.3) is 5.91 Å². The van der Waals surface area contributed by atoms with E-state index < -0.39 is 5.82 Å². The van der Waals surface area contributed by atoms with E-state index in [1.807, 2.05) is 24.3 Å². The molecule has 0 atom stereocenters. The summed E-state index contributed by atoms with van der Waals surface area (Å²) in [4.78, 5) is 13.2. The lowest BCUT2D eigenvalue weighted by Crippen LogP contribution is -2.21. The summed E-state index contributed by atoms with van der Waals surface area (Å²) in [5.41, 5.74) is 1.52. The molecule has 2 rings (SSSR count). The molecule has 2 aromatic carbocycles. The third kappa shape index (κ3) is 3.85. The normalized spacial score (nSPS) is 10.4. The van der Waals surface area contributed by atoms with Gasteiger partial charge in [0, 0.05) is 19.7 Å². The Morgan fingerprint density at radius 1 is 1.14 bits per heavy atom. The van der Waals surface area contributed by atoms with Crippen LogP contribution in [0, 0.1) is 5.82 Å². The van der Waals surface area contributed by atoms with Crippen molar-refractivity contribution in [3.05, 3.63) is 59.4 Å².